The number of piperidine rings is 1. The van der Waals surface area contributed by atoms with Crippen LogP contribution in [0.3, 0.4) is 0 Å². The van der Waals surface area contributed by atoms with E-state index in [9.17, 15) is 4.79 Å². The van der Waals surface area contributed by atoms with E-state index in [4.69, 9.17) is 9.47 Å². The summed E-state index contributed by atoms with van der Waals surface area (Å²) >= 11 is 0. The smallest absolute Gasteiger partial charge is 0.239 e. The van der Waals surface area contributed by atoms with Crippen molar-refractivity contribution < 1.29 is 14.3 Å². The first-order valence-electron chi connectivity index (χ1n) is 8.68. The lowest BCUT2D eigenvalue weighted by Gasteiger charge is -2.36. The summed E-state index contributed by atoms with van der Waals surface area (Å²) in [5.41, 5.74) is 2.25. The highest BCUT2D eigenvalue weighted by molar-refractivity contribution is 5.83. The molecule has 1 N–H and O–H groups in total. The van der Waals surface area contributed by atoms with E-state index in [1.165, 1.54) is 0 Å². The zero-order valence-electron chi connectivity index (χ0n) is 15.7. The highest BCUT2D eigenvalue weighted by atomic mass is 16.5. The van der Waals surface area contributed by atoms with Gasteiger partial charge in [0, 0.05) is 18.6 Å². The van der Waals surface area contributed by atoms with Gasteiger partial charge >= 0.3 is 0 Å². The van der Waals surface area contributed by atoms with Crippen LogP contribution in [0.4, 0.5) is 0 Å². The maximum atomic E-state index is 12.7. The van der Waals surface area contributed by atoms with Crippen LogP contribution in [0.25, 0.3) is 0 Å². The number of ether oxygens (including phenoxy) is 2. The van der Waals surface area contributed by atoms with E-state index in [0.29, 0.717) is 5.75 Å². The van der Waals surface area contributed by atoms with E-state index in [0.717, 1.165) is 36.3 Å². The first-order valence-corrected chi connectivity index (χ1v) is 8.68. The molecule has 0 aliphatic carbocycles. The van der Waals surface area contributed by atoms with Crippen molar-refractivity contribution in [2.45, 2.75) is 58.7 Å². The molecular formula is C19H30N2O3. The monoisotopic (exact) mass is 334 g/mol. The van der Waals surface area contributed by atoms with Gasteiger partial charge in [-0.15, -0.1) is 0 Å². The second kappa shape index (κ2) is 7.88. The molecule has 0 spiro atoms. The number of carbonyl (C=O) groups is 1. The van der Waals surface area contributed by atoms with Crippen LogP contribution in [-0.2, 0) is 4.79 Å². The van der Waals surface area contributed by atoms with Gasteiger partial charge in [-0.25, -0.2) is 0 Å². The van der Waals surface area contributed by atoms with Crippen LogP contribution < -0.4 is 14.8 Å². The molecule has 1 fully saturated rings. The Morgan fingerprint density at radius 2 is 1.79 bits per heavy atom. The van der Waals surface area contributed by atoms with Crippen LogP contribution in [0.5, 0.6) is 11.5 Å². The minimum Gasteiger partial charge on any atom is -0.493 e. The van der Waals surface area contributed by atoms with Crippen molar-refractivity contribution in [1.82, 2.24) is 10.2 Å². The van der Waals surface area contributed by atoms with E-state index in [2.05, 4.69) is 33.0 Å². The lowest BCUT2D eigenvalue weighted by Crippen LogP contribution is -2.53. The molecule has 0 bridgehead atoms. The maximum absolute atomic E-state index is 12.7. The molecule has 0 unspecified atom stereocenters. The quantitative estimate of drug-likeness (QED) is 0.869. The minimum absolute atomic E-state index is 0.0610. The predicted molar refractivity (Wildman–Crippen MR) is 95.7 cm³/mol. The van der Waals surface area contributed by atoms with Crippen molar-refractivity contribution in [3.05, 3.63) is 23.3 Å². The molecule has 24 heavy (non-hydrogen) atoms. The summed E-state index contributed by atoms with van der Waals surface area (Å²) in [4.78, 5) is 14.6. The van der Waals surface area contributed by atoms with Gasteiger partial charge in [-0.3, -0.25) is 10.1 Å². The van der Waals surface area contributed by atoms with Crippen LogP contribution in [0, 0.1) is 6.92 Å². The zero-order chi connectivity index (χ0) is 17.9. The Labute approximate surface area is 145 Å². The summed E-state index contributed by atoms with van der Waals surface area (Å²) in [6.07, 6.45) is 1.93. The molecule has 0 aromatic heterocycles. The third-order valence-corrected chi connectivity index (χ3v) is 4.79. The molecule has 1 aliphatic rings. The molecule has 2 atom stereocenters. The van der Waals surface area contributed by atoms with Gasteiger partial charge < -0.3 is 14.4 Å². The highest BCUT2D eigenvalue weighted by Gasteiger charge is 2.31. The fraction of sp³-hybridized carbons (Fsp3) is 0.632. The molecular weight excluding hydrogens is 304 g/mol. The molecule has 1 heterocycles. The number of likely N-dealkylation sites (tertiary alicyclic amines) is 1. The van der Waals surface area contributed by atoms with Crippen molar-refractivity contribution in [3.63, 3.8) is 0 Å². The fourth-order valence-corrected chi connectivity index (χ4v) is 3.42. The molecule has 0 saturated carbocycles. The summed E-state index contributed by atoms with van der Waals surface area (Å²) in [5, 5.41) is 3.51. The second-order valence-electron chi connectivity index (χ2n) is 6.77. The SMILES string of the molecule is COc1cc(C)c([C@H](C)N[C@@H]2CCCN(C(C)C)C2=O)cc1OC. The van der Waals surface area contributed by atoms with Gasteiger partial charge in [0.15, 0.2) is 11.5 Å². The van der Waals surface area contributed by atoms with Crippen molar-refractivity contribution >= 4 is 5.91 Å². The Kier molecular flexibility index (Phi) is 6.10. The Morgan fingerprint density at radius 1 is 1.17 bits per heavy atom. The van der Waals surface area contributed by atoms with Gasteiger partial charge in [0.05, 0.1) is 20.3 Å². The van der Waals surface area contributed by atoms with Crippen LogP contribution in [0.15, 0.2) is 12.1 Å². The number of aryl methyl sites for hydroxylation is 1. The van der Waals surface area contributed by atoms with Crippen molar-refractivity contribution in [2.75, 3.05) is 20.8 Å². The molecule has 1 amide bonds. The number of hydrogen-bond acceptors (Lipinski definition) is 4. The number of hydrogen-bond donors (Lipinski definition) is 1. The highest BCUT2D eigenvalue weighted by Crippen LogP contribution is 2.33. The summed E-state index contributed by atoms with van der Waals surface area (Å²) in [5.74, 6) is 1.65. The van der Waals surface area contributed by atoms with Crippen LogP contribution in [0.2, 0.25) is 0 Å². The average Bonchev–Trinajstić information content (AvgIpc) is 2.55. The van der Waals surface area contributed by atoms with E-state index >= 15 is 0 Å². The van der Waals surface area contributed by atoms with Crippen molar-refractivity contribution in [3.8, 4) is 11.5 Å². The Balaban J connectivity index is 2.17. The lowest BCUT2D eigenvalue weighted by molar-refractivity contribution is -0.138. The van der Waals surface area contributed by atoms with Gasteiger partial charge in [-0.05, 0) is 63.8 Å². The molecule has 1 aromatic rings. The fourth-order valence-electron chi connectivity index (χ4n) is 3.42. The Bertz CT molecular complexity index is 586. The maximum Gasteiger partial charge on any atom is 0.239 e. The molecule has 5 heteroatoms. The van der Waals surface area contributed by atoms with E-state index in [1.54, 1.807) is 14.2 Å². The van der Waals surface area contributed by atoms with Gasteiger partial charge in [0.2, 0.25) is 5.91 Å². The lowest BCUT2D eigenvalue weighted by atomic mass is 9.98. The second-order valence-corrected chi connectivity index (χ2v) is 6.77. The Morgan fingerprint density at radius 3 is 2.38 bits per heavy atom. The number of benzene rings is 1. The van der Waals surface area contributed by atoms with Crippen LogP contribution in [0.1, 0.15) is 50.8 Å². The summed E-state index contributed by atoms with van der Waals surface area (Å²) < 4.78 is 10.8. The molecule has 1 aliphatic heterocycles. The topological polar surface area (TPSA) is 50.8 Å². The number of amides is 1. The number of methoxy groups -OCH3 is 2. The van der Waals surface area contributed by atoms with Gasteiger partial charge in [0.1, 0.15) is 0 Å². The summed E-state index contributed by atoms with van der Waals surface area (Å²) in [6, 6.07) is 4.17. The molecule has 1 saturated heterocycles. The van der Waals surface area contributed by atoms with Crippen molar-refractivity contribution in [2.24, 2.45) is 0 Å². The normalized spacial score (nSPS) is 19.5. The largest absolute Gasteiger partial charge is 0.493 e. The molecule has 134 valence electrons. The van der Waals surface area contributed by atoms with Gasteiger partial charge in [-0.2, -0.15) is 0 Å². The number of nitrogens with one attached hydrogen (secondary N) is 1. The molecule has 0 radical (unpaired) electrons. The molecule has 5 nitrogen and oxygen atoms in total. The first kappa shape index (κ1) is 18.6. The van der Waals surface area contributed by atoms with E-state index in [-0.39, 0.29) is 24.0 Å². The standard InChI is InChI=1S/C19H30N2O3/c1-12(2)21-9-7-8-16(19(21)22)20-14(4)15-11-18(24-6)17(23-5)10-13(15)3/h10-12,14,16,20H,7-9H2,1-6H3/t14-,16+/m0/s1. The van der Waals surface area contributed by atoms with Crippen molar-refractivity contribution in [1.29, 1.82) is 0 Å². The number of carbonyl (C=O) groups excluding carboxylic acids is 1. The predicted octanol–water partition coefficient (Wildman–Crippen LogP) is 3.06. The average molecular weight is 334 g/mol. The molecule has 2 rings (SSSR count). The number of rotatable bonds is 6. The summed E-state index contributed by atoms with van der Waals surface area (Å²) in [7, 11) is 3.28. The van der Waals surface area contributed by atoms with E-state index < -0.39 is 0 Å². The third-order valence-electron chi connectivity index (χ3n) is 4.79. The minimum atomic E-state index is -0.122. The van der Waals surface area contributed by atoms with E-state index in [1.807, 2.05) is 17.0 Å². The Hall–Kier alpha value is -1.75. The molecule has 1 aromatic carbocycles. The van der Waals surface area contributed by atoms with Crippen LogP contribution >= 0.6 is 0 Å². The first-order chi connectivity index (χ1) is 11.4. The van der Waals surface area contributed by atoms with Gasteiger partial charge in [-0.1, -0.05) is 0 Å². The zero-order valence-corrected chi connectivity index (χ0v) is 15.7. The third kappa shape index (κ3) is 3.83. The van der Waals surface area contributed by atoms with Crippen LogP contribution in [-0.4, -0.2) is 43.7 Å². The number of nitrogens with zero attached hydrogens (tertiary/aromatic N) is 1. The summed E-state index contributed by atoms with van der Waals surface area (Å²) in [6.45, 7) is 9.15. The van der Waals surface area contributed by atoms with Gasteiger partial charge in [0.25, 0.3) is 0 Å².